The third-order valence-corrected chi connectivity index (χ3v) is 3.00. The van der Waals surface area contributed by atoms with Gasteiger partial charge in [0, 0.05) is 32.2 Å². The first kappa shape index (κ1) is 18.8. The quantitative estimate of drug-likeness (QED) is 0.520. The summed E-state index contributed by atoms with van der Waals surface area (Å²) in [7, 11) is 0. The Morgan fingerprint density at radius 3 is 2.35 bits per heavy atom. The van der Waals surface area contributed by atoms with Crippen molar-refractivity contribution in [2.45, 2.75) is 26.4 Å². The number of non-ortho nitro benzene ring substituents is 1. The maximum atomic E-state index is 13.6. The standard InChI is InChI=1S/C10H12FN3O2.C5H10O2/c11-9-7-8(14(15)16)1-2-10(9)13-5-3-12-4-6-13;1-5(2,3)7-4-6/h1-2,7,12H,3-6H2;4H,1-3H3. The summed E-state index contributed by atoms with van der Waals surface area (Å²) < 4.78 is 18.2. The molecule has 23 heavy (non-hydrogen) atoms. The van der Waals surface area contributed by atoms with Crippen LogP contribution in [-0.2, 0) is 9.53 Å². The Morgan fingerprint density at radius 2 is 1.96 bits per heavy atom. The molecule has 0 bridgehead atoms. The lowest BCUT2D eigenvalue weighted by Gasteiger charge is -2.29. The van der Waals surface area contributed by atoms with Crippen molar-refractivity contribution in [2.75, 3.05) is 31.1 Å². The molecule has 0 radical (unpaired) electrons. The molecule has 1 fully saturated rings. The number of anilines is 1. The maximum Gasteiger partial charge on any atom is 0.293 e. The summed E-state index contributed by atoms with van der Waals surface area (Å²) in [6.07, 6.45) is 0. The number of hydrogen-bond donors (Lipinski definition) is 1. The van der Waals surface area contributed by atoms with E-state index < -0.39 is 10.7 Å². The topological polar surface area (TPSA) is 84.7 Å². The van der Waals surface area contributed by atoms with Gasteiger partial charge in [-0.2, -0.15) is 0 Å². The number of hydrogen-bond acceptors (Lipinski definition) is 6. The highest BCUT2D eigenvalue weighted by molar-refractivity contribution is 5.52. The first-order chi connectivity index (χ1) is 10.7. The Labute approximate surface area is 134 Å². The summed E-state index contributed by atoms with van der Waals surface area (Å²) >= 11 is 0. The van der Waals surface area contributed by atoms with E-state index >= 15 is 0 Å². The van der Waals surface area contributed by atoms with Crippen LogP contribution in [0, 0.1) is 15.9 Å². The van der Waals surface area contributed by atoms with Crippen LogP contribution in [0.1, 0.15) is 20.8 Å². The Hall–Kier alpha value is -2.22. The molecule has 1 saturated heterocycles. The van der Waals surface area contributed by atoms with Crippen LogP contribution in [0.15, 0.2) is 18.2 Å². The molecule has 0 amide bonds. The van der Waals surface area contributed by atoms with Crippen LogP contribution < -0.4 is 10.2 Å². The number of halogens is 1. The average molecular weight is 327 g/mol. The summed E-state index contributed by atoms with van der Waals surface area (Å²) in [4.78, 5) is 21.3. The van der Waals surface area contributed by atoms with Gasteiger partial charge in [0.05, 0.1) is 16.7 Å². The molecule has 7 nitrogen and oxygen atoms in total. The second-order valence-corrected chi connectivity index (χ2v) is 5.96. The third-order valence-electron chi connectivity index (χ3n) is 3.00. The number of nitro groups is 1. The number of piperazine rings is 1. The second-order valence-electron chi connectivity index (χ2n) is 5.96. The smallest absolute Gasteiger partial charge is 0.293 e. The summed E-state index contributed by atoms with van der Waals surface area (Å²) in [5.74, 6) is -0.531. The first-order valence-electron chi connectivity index (χ1n) is 7.25. The van der Waals surface area contributed by atoms with E-state index in [0.29, 0.717) is 25.2 Å². The Morgan fingerprint density at radius 1 is 1.35 bits per heavy atom. The van der Waals surface area contributed by atoms with Gasteiger partial charge in [-0.25, -0.2) is 4.39 Å². The highest BCUT2D eigenvalue weighted by atomic mass is 19.1. The molecule has 0 aliphatic carbocycles. The molecule has 1 heterocycles. The zero-order chi connectivity index (χ0) is 17.5. The Bertz CT molecular complexity index is 540. The van der Waals surface area contributed by atoms with Gasteiger partial charge in [-0.1, -0.05) is 0 Å². The van der Waals surface area contributed by atoms with E-state index in [2.05, 4.69) is 10.1 Å². The minimum Gasteiger partial charge on any atom is -0.462 e. The monoisotopic (exact) mass is 327 g/mol. The molecule has 0 unspecified atom stereocenters. The van der Waals surface area contributed by atoms with E-state index in [0.717, 1.165) is 19.2 Å². The van der Waals surface area contributed by atoms with E-state index in [1.54, 1.807) is 0 Å². The number of ether oxygens (including phenoxy) is 1. The van der Waals surface area contributed by atoms with Crippen LogP contribution in [0.4, 0.5) is 15.8 Å². The van der Waals surface area contributed by atoms with Crippen molar-refractivity contribution >= 4 is 17.8 Å². The van der Waals surface area contributed by atoms with Gasteiger partial charge in [0.15, 0.2) is 5.82 Å². The Balaban J connectivity index is 0.000000322. The normalized spacial score (nSPS) is 14.5. The molecular weight excluding hydrogens is 305 g/mol. The van der Waals surface area contributed by atoms with E-state index in [1.807, 2.05) is 25.7 Å². The molecule has 128 valence electrons. The van der Waals surface area contributed by atoms with E-state index in [4.69, 9.17) is 0 Å². The van der Waals surface area contributed by atoms with Gasteiger partial charge >= 0.3 is 0 Å². The van der Waals surface area contributed by atoms with Gasteiger partial charge in [0.2, 0.25) is 0 Å². The van der Waals surface area contributed by atoms with E-state index in [9.17, 15) is 19.3 Å². The van der Waals surface area contributed by atoms with Gasteiger partial charge in [-0.3, -0.25) is 14.9 Å². The third kappa shape index (κ3) is 6.60. The zero-order valence-corrected chi connectivity index (χ0v) is 13.5. The van der Waals surface area contributed by atoms with Crippen LogP contribution in [0.2, 0.25) is 0 Å². The van der Waals surface area contributed by atoms with Crippen molar-refractivity contribution < 1.29 is 18.8 Å². The van der Waals surface area contributed by atoms with Crippen molar-refractivity contribution in [3.05, 3.63) is 34.1 Å². The molecule has 1 aromatic rings. The molecule has 1 N–H and O–H groups in total. The largest absolute Gasteiger partial charge is 0.462 e. The molecule has 0 spiro atoms. The van der Waals surface area contributed by atoms with Gasteiger partial charge in [0.1, 0.15) is 5.60 Å². The summed E-state index contributed by atoms with van der Waals surface area (Å²) in [6, 6.07) is 3.77. The van der Waals surface area contributed by atoms with Gasteiger partial charge in [-0.15, -0.1) is 0 Å². The highest BCUT2D eigenvalue weighted by Gasteiger charge is 2.17. The maximum absolute atomic E-state index is 13.6. The van der Waals surface area contributed by atoms with E-state index in [-0.39, 0.29) is 11.3 Å². The second kappa shape index (κ2) is 8.42. The summed E-state index contributed by atoms with van der Waals surface area (Å²) in [5.41, 5.74) is -0.0923. The van der Waals surface area contributed by atoms with Crippen LogP contribution in [0.5, 0.6) is 0 Å². The minimum absolute atomic E-state index is 0.212. The number of nitro benzene ring substituents is 1. The average Bonchev–Trinajstić information content (AvgIpc) is 2.47. The lowest BCUT2D eigenvalue weighted by molar-refractivity contribution is -0.385. The zero-order valence-electron chi connectivity index (χ0n) is 13.5. The Kier molecular flexibility index (Phi) is 6.89. The fourth-order valence-corrected chi connectivity index (χ4v) is 1.92. The fourth-order valence-electron chi connectivity index (χ4n) is 1.92. The number of nitrogens with one attached hydrogen (secondary N) is 1. The first-order valence-corrected chi connectivity index (χ1v) is 7.25. The number of carbonyl (C=O) groups excluding carboxylic acids is 1. The molecular formula is C15H22FN3O4. The number of rotatable bonds is 3. The summed E-state index contributed by atoms with van der Waals surface area (Å²) in [6.45, 7) is 8.96. The number of carbonyl (C=O) groups is 1. The SMILES string of the molecule is CC(C)(C)OC=O.O=[N+]([O-])c1ccc(N2CCNCC2)c(F)c1. The molecule has 0 aromatic heterocycles. The molecule has 0 atom stereocenters. The molecule has 1 aliphatic rings. The van der Waals surface area contributed by atoms with Gasteiger partial charge < -0.3 is 15.0 Å². The van der Waals surface area contributed by atoms with Crippen molar-refractivity contribution in [1.82, 2.24) is 5.32 Å². The van der Waals surface area contributed by atoms with Gasteiger partial charge in [0.25, 0.3) is 12.2 Å². The van der Waals surface area contributed by atoms with Crippen molar-refractivity contribution in [1.29, 1.82) is 0 Å². The van der Waals surface area contributed by atoms with Crippen molar-refractivity contribution in [3.8, 4) is 0 Å². The minimum atomic E-state index is -0.593. The van der Waals surface area contributed by atoms with Crippen molar-refractivity contribution in [2.24, 2.45) is 0 Å². The number of nitrogens with zero attached hydrogens (tertiary/aromatic N) is 2. The lowest BCUT2D eigenvalue weighted by atomic mass is 10.2. The van der Waals surface area contributed by atoms with Gasteiger partial charge in [-0.05, 0) is 26.8 Å². The molecule has 1 aromatic carbocycles. The van der Waals surface area contributed by atoms with E-state index in [1.165, 1.54) is 12.1 Å². The molecule has 2 rings (SSSR count). The van der Waals surface area contributed by atoms with Crippen LogP contribution in [-0.4, -0.2) is 43.2 Å². The van der Waals surface area contributed by atoms with Crippen LogP contribution >= 0.6 is 0 Å². The van der Waals surface area contributed by atoms with Crippen molar-refractivity contribution in [3.63, 3.8) is 0 Å². The molecule has 1 aliphatic heterocycles. The number of benzene rings is 1. The van der Waals surface area contributed by atoms with Crippen LogP contribution in [0.3, 0.4) is 0 Å². The predicted molar refractivity (Wildman–Crippen MR) is 85.0 cm³/mol. The fraction of sp³-hybridized carbons (Fsp3) is 0.533. The van der Waals surface area contributed by atoms with Crippen LogP contribution in [0.25, 0.3) is 0 Å². The predicted octanol–water partition coefficient (Wildman–Crippen LogP) is 2.10. The molecule has 0 saturated carbocycles. The summed E-state index contributed by atoms with van der Waals surface area (Å²) in [5, 5.41) is 13.6. The lowest BCUT2D eigenvalue weighted by Crippen LogP contribution is -2.43. The highest BCUT2D eigenvalue weighted by Crippen LogP contribution is 2.24. The molecule has 8 heteroatoms.